The summed E-state index contributed by atoms with van der Waals surface area (Å²) >= 11 is 0. The normalized spacial score (nSPS) is 18.3. The third-order valence-electron chi connectivity index (χ3n) is 2.08. The highest BCUT2D eigenvalue weighted by molar-refractivity contribution is 5.67. The van der Waals surface area contributed by atoms with Gasteiger partial charge in [-0.05, 0) is 6.92 Å². The molecule has 0 aromatic rings. The van der Waals surface area contributed by atoms with Crippen molar-refractivity contribution in [2.45, 2.75) is 18.9 Å². The maximum Gasteiger partial charge on any atom is 0.409 e. The van der Waals surface area contributed by atoms with Crippen molar-refractivity contribution in [1.82, 2.24) is 4.90 Å². The zero-order chi connectivity index (χ0) is 9.68. The van der Waals surface area contributed by atoms with Crippen molar-refractivity contribution in [1.29, 1.82) is 0 Å². The van der Waals surface area contributed by atoms with Crippen molar-refractivity contribution in [3.8, 4) is 0 Å². The minimum atomic E-state index is -0.290. The molecule has 0 aromatic heterocycles. The molecule has 1 saturated heterocycles. The summed E-state index contributed by atoms with van der Waals surface area (Å²) in [7, 11) is 1.68. The molecule has 4 nitrogen and oxygen atoms in total. The summed E-state index contributed by atoms with van der Waals surface area (Å²) in [6.45, 7) is 5.41. The van der Waals surface area contributed by atoms with Gasteiger partial charge in [-0.15, -0.1) is 0 Å². The van der Waals surface area contributed by atoms with Crippen molar-refractivity contribution in [3.63, 3.8) is 0 Å². The molecule has 0 saturated carbocycles. The molecule has 1 radical (unpaired) electrons. The van der Waals surface area contributed by atoms with Gasteiger partial charge < -0.3 is 14.4 Å². The van der Waals surface area contributed by atoms with Gasteiger partial charge in [-0.25, -0.2) is 4.79 Å². The number of carbonyl (C=O) groups excluding carboxylic acids is 1. The first kappa shape index (κ1) is 10.3. The van der Waals surface area contributed by atoms with E-state index in [1.54, 1.807) is 7.05 Å². The van der Waals surface area contributed by atoms with Crippen LogP contribution in [-0.2, 0) is 9.47 Å². The molecule has 13 heavy (non-hydrogen) atoms. The Balaban J connectivity index is 2.26. The first-order valence-electron chi connectivity index (χ1n) is 4.52. The minimum Gasteiger partial charge on any atom is -0.446 e. The first-order valence-corrected chi connectivity index (χ1v) is 4.52. The molecular weight excluding hydrogens is 170 g/mol. The van der Waals surface area contributed by atoms with Crippen molar-refractivity contribution in [2.24, 2.45) is 0 Å². The largest absolute Gasteiger partial charge is 0.446 e. The van der Waals surface area contributed by atoms with Gasteiger partial charge in [0.05, 0.1) is 13.2 Å². The summed E-state index contributed by atoms with van der Waals surface area (Å²) < 4.78 is 10.4. The van der Waals surface area contributed by atoms with Crippen molar-refractivity contribution in [3.05, 3.63) is 6.92 Å². The van der Waals surface area contributed by atoms with E-state index < -0.39 is 0 Å². The van der Waals surface area contributed by atoms with E-state index >= 15 is 0 Å². The zero-order valence-corrected chi connectivity index (χ0v) is 7.99. The van der Waals surface area contributed by atoms with Crippen molar-refractivity contribution >= 4 is 6.09 Å². The summed E-state index contributed by atoms with van der Waals surface area (Å²) in [5, 5.41) is 0. The monoisotopic (exact) mass is 186 g/mol. The molecule has 0 spiro atoms. The van der Waals surface area contributed by atoms with Crippen LogP contribution in [0.15, 0.2) is 0 Å². The van der Waals surface area contributed by atoms with E-state index in [4.69, 9.17) is 9.47 Å². The Kier molecular flexibility index (Phi) is 4.02. The Labute approximate surface area is 78.8 Å². The molecule has 1 aliphatic rings. The van der Waals surface area contributed by atoms with Crippen LogP contribution in [0.3, 0.4) is 0 Å². The van der Waals surface area contributed by atoms with Crippen LogP contribution in [0.1, 0.15) is 12.8 Å². The van der Waals surface area contributed by atoms with Gasteiger partial charge in [-0.2, -0.15) is 0 Å². The molecule has 75 valence electrons. The number of ether oxygens (including phenoxy) is 2. The smallest absolute Gasteiger partial charge is 0.409 e. The molecular formula is C9H16NO3. The maximum absolute atomic E-state index is 11.3. The van der Waals surface area contributed by atoms with Crippen LogP contribution in [-0.4, -0.2) is 43.9 Å². The molecule has 1 aliphatic heterocycles. The molecule has 1 rings (SSSR count). The second kappa shape index (κ2) is 5.07. The molecule has 0 atom stereocenters. The molecule has 0 aromatic carbocycles. The van der Waals surface area contributed by atoms with Crippen LogP contribution in [0.2, 0.25) is 0 Å². The summed E-state index contributed by atoms with van der Waals surface area (Å²) in [5.41, 5.74) is 0. The standard InChI is InChI=1S/C9H16NO3/c1-3-10(2)9(11)13-8-4-6-12-7-5-8/h8H,1,3-7H2,2H3. The fraction of sp³-hybridized carbons (Fsp3) is 0.778. The summed E-state index contributed by atoms with van der Waals surface area (Å²) in [4.78, 5) is 12.7. The van der Waals surface area contributed by atoms with Crippen LogP contribution < -0.4 is 0 Å². The average Bonchev–Trinajstić information content (AvgIpc) is 2.18. The Morgan fingerprint density at radius 1 is 1.62 bits per heavy atom. The third-order valence-corrected chi connectivity index (χ3v) is 2.08. The second-order valence-corrected chi connectivity index (χ2v) is 3.12. The quantitative estimate of drug-likeness (QED) is 0.647. The molecule has 1 fully saturated rings. The Hall–Kier alpha value is -0.770. The van der Waals surface area contributed by atoms with Gasteiger partial charge in [0.2, 0.25) is 0 Å². The van der Waals surface area contributed by atoms with Gasteiger partial charge in [0.25, 0.3) is 0 Å². The highest BCUT2D eigenvalue weighted by Crippen LogP contribution is 2.11. The number of hydrogen-bond donors (Lipinski definition) is 0. The lowest BCUT2D eigenvalue weighted by Crippen LogP contribution is -2.33. The van der Waals surface area contributed by atoms with Gasteiger partial charge in [0, 0.05) is 26.4 Å². The molecule has 0 bridgehead atoms. The first-order chi connectivity index (χ1) is 6.24. The zero-order valence-electron chi connectivity index (χ0n) is 7.99. The van der Waals surface area contributed by atoms with Gasteiger partial charge >= 0.3 is 6.09 Å². The lowest BCUT2D eigenvalue weighted by molar-refractivity contribution is -0.00728. The highest BCUT2D eigenvalue weighted by atomic mass is 16.6. The van der Waals surface area contributed by atoms with Crippen molar-refractivity contribution in [2.75, 3.05) is 26.8 Å². The molecule has 0 unspecified atom stereocenters. The van der Waals surface area contributed by atoms with Crippen LogP contribution in [0.4, 0.5) is 4.79 Å². The molecule has 4 heteroatoms. The van der Waals surface area contributed by atoms with Gasteiger partial charge in [-0.3, -0.25) is 0 Å². The Bertz CT molecular complexity index is 166. The van der Waals surface area contributed by atoms with E-state index in [1.807, 2.05) is 0 Å². The van der Waals surface area contributed by atoms with Crippen LogP contribution in [0.25, 0.3) is 0 Å². The predicted octanol–water partition coefficient (Wildman–Crippen LogP) is 1.07. The maximum atomic E-state index is 11.3. The average molecular weight is 186 g/mol. The lowest BCUT2D eigenvalue weighted by Gasteiger charge is -2.24. The van der Waals surface area contributed by atoms with E-state index in [1.165, 1.54) is 4.90 Å². The fourth-order valence-electron chi connectivity index (χ4n) is 1.12. The number of rotatable bonds is 2. The van der Waals surface area contributed by atoms with E-state index in [-0.39, 0.29) is 12.2 Å². The van der Waals surface area contributed by atoms with Gasteiger partial charge in [-0.1, -0.05) is 0 Å². The SMILES string of the molecule is [CH2]CN(C)C(=O)OC1CCOCC1. The molecule has 1 heterocycles. The number of amides is 1. The second-order valence-electron chi connectivity index (χ2n) is 3.12. The van der Waals surface area contributed by atoms with Crippen LogP contribution in [0.5, 0.6) is 0 Å². The number of nitrogens with zero attached hydrogens (tertiary/aromatic N) is 1. The summed E-state index contributed by atoms with van der Waals surface area (Å²) in [6.07, 6.45) is 1.34. The third kappa shape index (κ3) is 3.22. The van der Waals surface area contributed by atoms with Crippen LogP contribution in [0, 0.1) is 6.92 Å². The minimum absolute atomic E-state index is 0.0234. The topological polar surface area (TPSA) is 38.8 Å². The Morgan fingerprint density at radius 2 is 2.23 bits per heavy atom. The van der Waals surface area contributed by atoms with E-state index in [0.717, 1.165) is 12.8 Å². The van der Waals surface area contributed by atoms with Crippen LogP contribution >= 0.6 is 0 Å². The predicted molar refractivity (Wildman–Crippen MR) is 48.3 cm³/mol. The number of carbonyl (C=O) groups is 1. The number of hydrogen-bond acceptors (Lipinski definition) is 3. The lowest BCUT2D eigenvalue weighted by atomic mass is 10.2. The highest BCUT2D eigenvalue weighted by Gasteiger charge is 2.19. The molecule has 0 N–H and O–H groups in total. The van der Waals surface area contributed by atoms with Crippen molar-refractivity contribution < 1.29 is 14.3 Å². The Morgan fingerprint density at radius 3 is 2.77 bits per heavy atom. The molecule has 0 aliphatic carbocycles. The fourth-order valence-corrected chi connectivity index (χ4v) is 1.12. The summed E-state index contributed by atoms with van der Waals surface area (Å²) in [6, 6.07) is 0. The van der Waals surface area contributed by atoms with E-state index in [9.17, 15) is 4.79 Å². The van der Waals surface area contributed by atoms with Gasteiger partial charge in [0.15, 0.2) is 0 Å². The van der Waals surface area contributed by atoms with Gasteiger partial charge in [0.1, 0.15) is 6.10 Å². The van der Waals surface area contributed by atoms with E-state index in [0.29, 0.717) is 19.8 Å². The summed E-state index contributed by atoms with van der Waals surface area (Å²) in [5.74, 6) is 0. The molecule has 1 amide bonds. The van der Waals surface area contributed by atoms with E-state index in [2.05, 4.69) is 6.92 Å².